The molecule has 37 heavy (non-hydrogen) atoms. The number of likely N-dealkylation sites (tertiary alicyclic amines) is 1. The molecule has 4 rings (SSSR count). The first kappa shape index (κ1) is 26.9. The number of aromatic nitrogens is 1. The largest absolute Gasteiger partial charge is 0.444 e. The van der Waals surface area contributed by atoms with Gasteiger partial charge in [-0.15, -0.1) is 0 Å². The van der Waals surface area contributed by atoms with Crippen molar-refractivity contribution in [2.75, 3.05) is 31.1 Å². The summed E-state index contributed by atoms with van der Waals surface area (Å²) in [5.41, 5.74) is -1.27. The summed E-state index contributed by atoms with van der Waals surface area (Å²) >= 11 is 0. The number of carbonyl (C=O) groups excluding carboxylic acids is 2. The molecule has 1 aromatic carbocycles. The fraction of sp³-hybridized carbons (Fsp3) is 0.560. The molecule has 1 aromatic heterocycles. The van der Waals surface area contributed by atoms with Gasteiger partial charge in [0.2, 0.25) is 0 Å². The third-order valence-corrected chi connectivity index (χ3v) is 6.17. The number of hydrogen-bond donors (Lipinski definition) is 1. The minimum atomic E-state index is -4.57. The fourth-order valence-corrected chi connectivity index (χ4v) is 4.61. The zero-order valence-corrected chi connectivity index (χ0v) is 21.0. The maximum absolute atomic E-state index is 14.7. The van der Waals surface area contributed by atoms with Gasteiger partial charge in [0.25, 0.3) is 5.91 Å². The number of hydrogen-bond acceptors (Lipinski definition) is 6. The van der Waals surface area contributed by atoms with Crippen LogP contribution in [-0.4, -0.2) is 78.1 Å². The molecule has 2 saturated heterocycles. The molecule has 2 fully saturated rings. The molecule has 3 heterocycles. The van der Waals surface area contributed by atoms with Gasteiger partial charge in [0.1, 0.15) is 11.8 Å². The second kappa shape index (κ2) is 9.96. The van der Waals surface area contributed by atoms with Crippen LogP contribution in [0.3, 0.4) is 0 Å². The number of ether oxygens (including phenoxy) is 2. The number of alkyl halides is 4. The quantitative estimate of drug-likeness (QED) is 0.611. The van der Waals surface area contributed by atoms with E-state index < -0.39 is 53.8 Å². The molecule has 4 atom stereocenters. The van der Waals surface area contributed by atoms with Crippen molar-refractivity contribution in [2.24, 2.45) is 0 Å². The van der Waals surface area contributed by atoms with E-state index in [1.54, 1.807) is 44.7 Å². The molecule has 2 aliphatic heterocycles. The van der Waals surface area contributed by atoms with E-state index in [2.05, 4.69) is 10.3 Å². The molecule has 0 bridgehead atoms. The van der Waals surface area contributed by atoms with Crippen molar-refractivity contribution in [1.29, 1.82) is 0 Å². The van der Waals surface area contributed by atoms with Crippen molar-refractivity contribution in [3.63, 3.8) is 0 Å². The molecule has 2 aromatic rings. The zero-order chi connectivity index (χ0) is 27.1. The van der Waals surface area contributed by atoms with Crippen LogP contribution < -0.4 is 10.2 Å². The zero-order valence-electron chi connectivity index (χ0n) is 21.0. The Hall–Kier alpha value is -3.15. The molecule has 202 valence electrons. The van der Waals surface area contributed by atoms with E-state index in [9.17, 15) is 27.2 Å². The number of carbonyl (C=O) groups is 2. The second-order valence-electron chi connectivity index (χ2n) is 10.4. The number of amides is 2. The van der Waals surface area contributed by atoms with Crippen LogP contribution in [-0.2, 0) is 20.4 Å². The summed E-state index contributed by atoms with van der Waals surface area (Å²) in [6.07, 6.45) is -6.85. The number of morpholine rings is 1. The summed E-state index contributed by atoms with van der Waals surface area (Å²) in [6, 6.07) is 4.52. The van der Waals surface area contributed by atoms with Crippen LogP contribution in [0.1, 0.15) is 33.3 Å². The lowest BCUT2D eigenvalue weighted by Crippen LogP contribution is -2.55. The minimum Gasteiger partial charge on any atom is -0.444 e. The number of rotatable bonds is 3. The lowest BCUT2D eigenvalue weighted by atomic mass is 10.0. The summed E-state index contributed by atoms with van der Waals surface area (Å²) in [6.45, 7) is 6.98. The van der Waals surface area contributed by atoms with Gasteiger partial charge >= 0.3 is 12.3 Å². The average molecular weight is 527 g/mol. The smallest absolute Gasteiger partial charge is 0.418 e. The van der Waals surface area contributed by atoms with E-state index in [4.69, 9.17) is 9.47 Å². The molecular formula is C25H30F4N4O4. The lowest BCUT2D eigenvalue weighted by molar-refractivity contribution is -0.138. The highest BCUT2D eigenvalue weighted by Gasteiger charge is 2.41. The van der Waals surface area contributed by atoms with Gasteiger partial charge in [-0.05, 0) is 52.0 Å². The predicted molar refractivity (Wildman–Crippen MR) is 128 cm³/mol. The van der Waals surface area contributed by atoms with Crippen LogP contribution in [0.2, 0.25) is 0 Å². The van der Waals surface area contributed by atoms with Crippen LogP contribution in [0, 0.1) is 0 Å². The van der Waals surface area contributed by atoms with Gasteiger partial charge in [-0.25, -0.2) is 9.18 Å². The van der Waals surface area contributed by atoms with E-state index in [0.717, 1.165) is 6.07 Å². The first-order valence-electron chi connectivity index (χ1n) is 12.0. The van der Waals surface area contributed by atoms with Crippen molar-refractivity contribution >= 4 is 28.6 Å². The molecule has 1 N–H and O–H groups in total. The number of fused-ring (bicyclic) bond motifs is 1. The van der Waals surface area contributed by atoms with Gasteiger partial charge in [-0.2, -0.15) is 13.2 Å². The van der Waals surface area contributed by atoms with Gasteiger partial charge in [0.15, 0.2) is 6.10 Å². The Kier molecular flexibility index (Phi) is 7.24. The average Bonchev–Trinajstić information content (AvgIpc) is 3.16. The summed E-state index contributed by atoms with van der Waals surface area (Å²) in [5, 5.41) is 2.93. The minimum absolute atomic E-state index is 0.0466. The summed E-state index contributed by atoms with van der Waals surface area (Å²) in [7, 11) is 0. The Bertz CT molecular complexity index is 1170. The molecule has 8 nitrogen and oxygen atoms in total. The summed E-state index contributed by atoms with van der Waals surface area (Å²) in [4.78, 5) is 32.3. The van der Waals surface area contributed by atoms with Crippen LogP contribution in [0.25, 0.3) is 10.9 Å². The molecule has 12 heteroatoms. The van der Waals surface area contributed by atoms with E-state index in [1.807, 2.05) is 0 Å². The third kappa shape index (κ3) is 6.06. The van der Waals surface area contributed by atoms with E-state index in [1.165, 1.54) is 17.2 Å². The van der Waals surface area contributed by atoms with Crippen molar-refractivity contribution in [2.45, 2.75) is 63.9 Å². The fourth-order valence-electron chi connectivity index (χ4n) is 4.61. The van der Waals surface area contributed by atoms with E-state index in [-0.39, 0.29) is 25.2 Å². The highest BCUT2D eigenvalue weighted by Crippen LogP contribution is 2.38. The molecule has 0 aliphatic carbocycles. The third-order valence-electron chi connectivity index (χ3n) is 6.17. The van der Waals surface area contributed by atoms with Crippen LogP contribution in [0.5, 0.6) is 0 Å². The number of anilines is 1. The second-order valence-corrected chi connectivity index (χ2v) is 10.4. The maximum Gasteiger partial charge on any atom is 0.418 e. The van der Waals surface area contributed by atoms with Gasteiger partial charge in [-0.3, -0.25) is 9.78 Å². The van der Waals surface area contributed by atoms with Crippen LogP contribution >= 0.6 is 0 Å². The standard InChI is InChI=1S/C25H30F4N4O4/c1-14-10-32(19-8-7-16(25(27,28)29)21-15(19)6-5-9-30-21)13-20(36-14)22(34)31-18-12-33(11-17(18)26)23(35)37-24(2,3)4/h5-9,14,17-18,20H,10-13H2,1-4H3,(H,31,34)/t14-,17+,18-,20-/m1/s1. The monoisotopic (exact) mass is 526 g/mol. The summed E-state index contributed by atoms with van der Waals surface area (Å²) in [5.74, 6) is -0.565. The molecule has 0 spiro atoms. The van der Waals surface area contributed by atoms with E-state index in [0.29, 0.717) is 17.6 Å². The molecule has 0 saturated carbocycles. The number of benzene rings is 1. The Morgan fingerprint density at radius 1 is 1.11 bits per heavy atom. The number of halogens is 4. The van der Waals surface area contributed by atoms with Crippen LogP contribution in [0.15, 0.2) is 30.5 Å². The van der Waals surface area contributed by atoms with Gasteiger partial charge < -0.3 is 24.6 Å². The highest BCUT2D eigenvalue weighted by molar-refractivity contribution is 5.94. The highest BCUT2D eigenvalue weighted by atomic mass is 19.4. The van der Waals surface area contributed by atoms with E-state index >= 15 is 0 Å². The van der Waals surface area contributed by atoms with Gasteiger partial charge in [-0.1, -0.05) is 0 Å². The first-order valence-corrected chi connectivity index (χ1v) is 12.0. The molecular weight excluding hydrogens is 496 g/mol. The Balaban J connectivity index is 1.49. The first-order chi connectivity index (χ1) is 17.2. The Labute approximate surface area is 211 Å². The number of nitrogens with zero attached hydrogens (tertiary/aromatic N) is 3. The van der Waals surface area contributed by atoms with Crippen molar-refractivity contribution in [3.05, 3.63) is 36.0 Å². The normalized spacial score (nSPS) is 24.9. The molecule has 2 aliphatic rings. The molecule has 0 unspecified atom stereocenters. The summed E-state index contributed by atoms with van der Waals surface area (Å²) < 4.78 is 66.3. The van der Waals surface area contributed by atoms with Crippen molar-refractivity contribution in [1.82, 2.24) is 15.2 Å². The van der Waals surface area contributed by atoms with Crippen molar-refractivity contribution in [3.8, 4) is 0 Å². The Morgan fingerprint density at radius 3 is 2.51 bits per heavy atom. The Morgan fingerprint density at radius 2 is 1.84 bits per heavy atom. The van der Waals surface area contributed by atoms with Gasteiger partial charge in [0, 0.05) is 30.4 Å². The van der Waals surface area contributed by atoms with Crippen LogP contribution in [0.4, 0.5) is 28.0 Å². The predicted octanol–water partition coefficient (Wildman–Crippen LogP) is 3.92. The van der Waals surface area contributed by atoms with Crippen molar-refractivity contribution < 1.29 is 36.6 Å². The number of nitrogens with one attached hydrogen (secondary N) is 1. The SMILES string of the molecule is C[C@@H]1CN(c2ccc(C(F)(F)F)c3ncccc23)C[C@H](C(=O)N[C@@H]2CN(C(=O)OC(C)(C)C)C[C@@H]2F)O1. The molecule has 2 amide bonds. The molecule has 0 radical (unpaired) electrons. The maximum atomic E-state index is 14.7. The van der Waals surface area contributed by atoms with Gasteiger partial charge in [0.05, 0.1) is 36.3 Å². The lowest BCUT2D eigenvalue weighted by Gasteiger charge is -2.38. The topological polar surface area (TPSA) is 84.0 Å². The number of pyridine rings is 1.